The lowest BCUT2D eigenvalue weighted by molar-refractivity contribution is -0.274. The maximum Gasteiger partial charge on any atom is 0.573 e. The van der Waals surface area contributed by atoms with E-state index in [1.807, 2.05) is 6.92 Å². The van der Waals surface area contributed by atoms with E-state index < -0.39 is 6.36 Å². The van der Waals surface area contributed by atoms with Gasteiger partial charge in [0.2, 0.25) is 0 Å². The van der Waals surface area contributed by atoms with Crippen molar-refractivity contribution in [1.82, 2.24) is 0 Å². The van der Waals surface area contributed by atoms with Gasteiger partial charge in [0, 0.05) is 0 Å². The van der Waals surface area contributed by atoms with Crippen molar-refractivity contribution in [3.63, 3.8) is 0 Å². The van der Waals surface area contributed by atoms with Gasteiger partial charge in [-0.05, 0) is 30.5 Å². The molecule has 0 aromatic heterocycles. The number of alkyl halides is 3. The van der Waals surface area contributed by atoms with Crippen molar-refractivity contribution >= 4 is 0 Å². The molecule has 0 N–H and O–H groups in total. The van der Waals surface area contributed by atoms with Crippen LogP contribution >= 0.6 is 0 Å². The summed E-state index contributed by atoms with van der Waals surface area (Å²) in [4.78, 5) is 0. The molecule has 0 unspecified atom stereocenters. The Kier molecular flexibility index (Phi) is 4.38. The minimum absolute atomic E-state index is 0.157. The summed E-state index contributed by atoms with van der Waals surface area (Å²) in [6, 6.07) is 5.92. The molecule has 92 valence electrons. The van der Waals surface area contributed by atoms with Gasteiger partial charge in [0.05, 0.1) is 11.6 Å². The predicted octanol–water partition coefficient (Wildman–Crippen LogP) is 3.80. The zero-order valence-corrected chi connectivity index (χ0v) is 9.34. The van der Waals surface area contributed by atoms with Crippen molar-refractivity contribution in [2.45, 2.75) is 32.5 Å². The van der Waals surface area contributed by atoms with Gasteiger partial charge in [0.15, 0.2) is 0 Å². The minimum atomic E-state index is -4.73. The molecule has 2 nitrogen and oxygen atoms in total. The fourth-order valence-electron chi connectivity index (χ4n) is 1.42. The van der Waals surface area contributed by atoms with Crippen LogP contribution in [0.3, 0.4) is 0 Å². The van der Waals surface area contributed by atoms with Crippen molar-refractivity contribution < 1.29 is 17.9 Å². The van der Waals surface area contributed by atoms with Crippen LogP contribution in [-0.4, -0.2) is 6.36 Å². The van der Waals surface area contributed by atoms with Gasteiger partial charge in [0.1, 0.15) is 5.75 Å². The number of hydrogen-bond acceptors (Lipinski definition) is 2. The lowest BCUT2D eigenvalue weighted by Gasteiger charge is -2.13. The smallest absolute Gasteiger partial charge is 0.405 e. The van der Waals surface area contributed by atoms with Crippen molar-refractivity contribution in [2.75, 3.05) is 0 Å². The first-order valence-electron chi connectivity index (χ1n) is 5.25. The van der Waals surface area contributed by atoms with Gasteiger partial charge in [-0.2, -0.15) is 5.26 Å². The second-order valence-electron chi connectivity index (χ2n) is 3.59. The van der Waals surface area contributed by atoms with Gasteiger partial charge in [-0.1, -0.05) is 19.4 Å². The van der Waals surface area contributed by atoms with E-state index in [-0.39, 0.29) is 11.3 Å². The first kappa shape index (κ1) is 13.4. The van der Waals surface area contributed by atoms with Crippen molar-refractivity contribution in [3.05, 3.63) is 29.3 Å². The van der Waals surface area contributed by atoms with Gasteiger partial charge < -0.3 is 4.74 Å². The van der Waals surface area contributed by atoms with Crippen LogP contribution in [0, 0.1) is 11.3 Å². The third-order valence-electron chi connectivity index (χ3n) is 2.22. The van der Waals surface area contributed by atoms with E-state index >= 15 is 0 Å². The normalized spacial score (nSPS) is 11.0. The topological polar surface area (TPSA) is 33.0 Å². The van der Waals surface area contributed by atoms with Gasteiger partial charge in [-0.15, -0.1) is 13.2 Å². The maximum atomic E-state index is 12.2. The molecule has 0 aliphatic rings. The molecule has 0 spiro atoms. The Hall–Kier alpha value is -1.70. The molecular formula is C12H12F3NO. The van der Waals surface area contributed by atoms with Crippen LogP contribution in [0.5, 0.6) is 5.75 Å². The lowest BCUT2D eigenvalue weighted by atomic mass is 10.1. The van der Waals surface area contributed by atoms with Gasteiger partial charge >= 0.3 is 6.36 Å². The van der Waals surface area contributed by atoms with Crippen LogP contribution in [0.4, 0.5) is 13.2 Å². The average molecular weight is 243 g/mol. The first-order chi connectivity index (χ1) is 7.96. The number of benzene rings is 1. The summed E-state index contributed by atoms with van der Waals surface area (Å²) < 4.78 is 40.4. The minimum Gasteiger partial charge on any atom is -0.405 e. The summed E-state index contributed by atoms with van der Waals surface area (Å²) >= 11 is 0. The molecule has 0 fully saturated rings. The molecule has 0 saturated carbocycles. The van der Waals surface area contributed by atoms with Crippen molar-refractivity contribution in [1.29, 1.82) is 5.26 Å². The quantitative estimate of drug-likeness (QED) is 0.805. The first-order valence-corrected chi connectivity index (χ1v) is 5.25. The SMILES string of the molecule is CCCCc1ccc(C#N)cc1OC(F)(F)F. The third-order valence-corrected chi connectivity index (χ3v) is 2.22. The zero-order chi connectivity index (χ0) is 12.9. The van der Waals surface area contributed by atoms with Gasteiger partial charge in [-0.25, -0.2) is 0 Å². The van der Waals surface area contributed by atoms with Crippen LogP contribution in [0.15, 0.2) is 18.2 Å². The number of aryl methyl sites for hydroxylation is 1. The number of halogens is 3. The second kappa shape index (κ2) is 5.58. The second-order valence-corrected chi connectivity index (χ2v) is 3.59. The highest BCUT2D eigenvalue weighted by Crippen LogP contribution is 2.28. The Morgan fingerprint density at radius 2 is 2.06 bits per heavy atom. The Labute approximate surface area is 97.6 Å². The Morgan fingerprint density at radius 3 is 2.59 bits per heavy atom. The van der Waals surface area contributed by atoms with Crippen LogP contribution in [-0.2, 0) is 6.42 Å². The molecule has 0 saturated heterocycles. The summed E-state index contributed by atoms with van der Waals surface area (Å²) in [6.07, 6.45) is -2.56. The molecule has 0 heterocycles. The standard InChI is InChI=1S/C12H12F3NO/c1-2-3-4-10-6-5-9(8-16)7-11(10)17-12(13,14)15/h5-7H,2-4H2,1H3. The Bertz CT molecular complexity index is 421. The number of hydrogen-bond donors (Lipinski definition) is 0. The number of unbranched alkanes of at least 4 members (excludes halogenated alkanes) is 1. The largest absolute Gasteiger partial charge is 0.573 e. The molecule has 0 amide bonds. The predicted molar refractivity (Wildman–Crippen MR) is 56.5 cm³/mol. The highest BCUT2D eigenvalue weighted by molar-refractivity contribution is 5.42. The number of nitriles is 1. The highest BCUT2D eigenvalue weighted by atomic mass is 19.4. The van der Waals surface area contributed by atoms with Crippen LogP contribution in [0.2, 0.25) is 0 Å². The van der Waals surface area contributed by atoms with E-state index in [9.17, 15) is 13.2 Å². The summed E-state index contributed by atoms with van der Waals surface area (Å²) in [5.74, 6) is -0.273. The fraction of sp³-hybridized carbons (Fsp3) is 0.417. The lowest BCUT2D eigenvalue weighted by Crippen LogP contribution is -2.18. The molecule has 1 aromatic rings. The summed E-state index contributed by atoms with van der Waals surface area (Å²) in [6.45, 7) is 1.95. The molecule has 17 heavy (non-hydrogen) atoms. The monoisotopic (exact) mass is 243 g/mol. The van der Waals surface area contributed by atoms with Crippen LogP contribution < -0.4 is 4.74 Å². The maximum absolute atomic E-state index is 12.2. The van der Waals surface area contributed by atoms with Gasteiger partial charge in [-0.3, -0.25) is 0 Å². The summed E-state index contributed by atoms with van der Waals surface area (Å²) in [7, 11) is 0. The molecule has 1 aromatic carbocycles. The van der Waals surface area contributed by atoms with Crippen molar-refractivity contribution in [3.8, 4) is 11.8 Å². The highest BCUT2D eigenvalue weighted by Gasteiger charge is 2.32. The third kappa shape index (κ3) is 4.35. The van der Waals surface area contributed by atoms with E-state index in [1.165, 1.54) is 12.1 Å². The van der Waals surface area contributed by atoms with Crippen LogP contribution in [0.1, 0.15) is 30.9 Å². The average Bonchev–Trinajstić information content (AvgIpc) is 2.25. The molecule has 0 atom stereocenters. The molecule has 0 bridgehead atoms. The van der Waals surface area contributed by atoms with Crippen molar-refractivity contribution in [2.24, 2.45) is 0 Å². The van der Waals surface area contributed by atoms with E-state index in [0.29, 0.717) is 12.0 Å². The number of ether oxygens (including phenoxy) is 1. The van der Waals surface area contributed by atoms with E-state index in [1.54, 1.807) is 6.07 Å². The molecule has 5 heteroatoms. The summed E-state index contributed by atoms with van der Waals surface area (Å²) in [5.41, 5.74) is 0.632. The fourth-order valence-corrected chi connectivity index (χ4v) is 1.42. The molecule has 0 radical (unpaired) electrons. The Morgan fingerprint density at radius 1 is 1.35 bits per heavy atom. The van der Waals surface area contributed by atoms with E-state index in [2.05, 4.69) is 4.74 Å². The summed E-state index contributed by atoms with van der Waals surface area (Å²) in [5, 5.41) is 8.64. The van der Waals surface area contributed by atoms with E-state index in [0.717, 1.165) is 18.9 Å². The zero-order valence-electron chi connectivity index (χ0n) is 9.34. The molecule has 0 aliphatic heterocycles. The molecule has 1 rings (SSSR count). The van der Waals surface area contributed by atoms with E-state index in [4.69, 9.17) is 5.26 Å². The number of nitrogens with zero attached hydrogens (tertiary/aromatic N) is 1. The molecular weight excluding hydrogens is 231 g/mol. The van der Waals surface area contributed by atoms with Crippen LogP contribution in [0.25, 0.3) is 0 Å². The number of rotatable bonds is 4. The molecule has 0 aliphatic carbocycles. The van der Waals surface area contributed by atoms with Gasteiger partial charge in [0.25, 0.3) is 0 Å². The Balaban J connectivity index is 2.99.